The van der Waals surface area contributed by atoms with Crippen LogP contribution in [0.2, 0.25) is 0 Å². The molecule has 0 spiro atoms. The number of pyridine rings is 2. The zero-order valence-corrected chi connectivity index (χ0v) is 12.8. The van der Waals surface area contributed by atoms with Crippen molar-refractivity contribution in [1.82, 2.24) is 15.0 Å². The first-order valence-corrected chi connectivity index (χ1v) is 7.64. The highest BCUT2D eigenvalue weighted by Crippen LogP contribution is 2.22. The minimum absolute atomic E-state index is 0.689. The van der Waals surface area contributed by atoms with Gasteiger partial charge in [0.15, 0.2) is 0 Å². The maximum absolute atomic E-state index is 4.62. The van der Waals surface area contributed by atoms with Crippen molar-refractivity contribution in [2.75, 3.05) is 5.32 Å². The standard InChI is InChI=1S/C16H16N4S/c1-11-6-7-14(12(2)19-11)18-9-13-10-21-16(20-13)15-5-3-4-8-17-15/h3-8,10,18H,9H2,1-2H3. The molecule has 3 rings (SSSR count). The molecule has 0 unspecified atom stereocenters. The third kappa shape index (κ3) is 3.25. The maximum Gasteiger partial charge on any atom is 0.142 e. The fraction of sp³-hybridized carbons (Fsp3) is 0.188. The molecule has 3 aromatic heterocycles. The first-order chi connectivity index (χ1) is 10.2. The van der Waals surface area contributed by atoms with Gasteiger partial charge in [-0.05, 0) is 38.1 Å². The summed E-state index contributed by atoms with van der Waals surface area (Å²) in [5.74, 6) is 0. The SMILES string of the molecule is Cc1ccc(NCc2csc(-c3ccccn3)n2)c(C)n1. The minimum atomic E-state index is 0.689. The summed E-state index contributed by atoms with van der Waals surface area (Å²) >= 11 is 1.62. The molecule has 0 aliphatic heterocycles. The number of anilines is 1. The lowest BCUT2D eigenvalue weighted by Crippen LogP contribution is -2.03. The van der Waals surface area contributed by atoms with Gasteiger partial charge in [-0.15, -0.1) is 11.3 Å². The van der Waals surface area contributed by atoms with E-state index in [0.717, 1.165) is 33.5 Å². The van der Waals surface area contributed by atoms with E-state index in [9.17, 15) is 0 Å². The van der Waals surface area contributed by atoms with Crippen LogP contribution in [0.4, 0.5) is 5.69 Å². The van der Waals surface area contributed by atoms with Gasteiger partial charge in [-0.3, -0.25) is 9.97 Å². The topological polar surface area (TPSA) is 50.7 Å². The van der Waals surface area contributed by atoms with E-state index in [1.165, 1.54) is 0 Å². The van der Waals surface area contributed by atoms with E-state index >= 15 is 0 Å². The summed E-state index contributed by atoms with van der Waals surface area (Å²) < 4.78 is 0. The zero-order valence-electron chi connectivity index (χ0n) is 12.0. The van der Waals surface area contributed by atoms with Crippen LogP contribution in [-0.2, 0) is 6.54 Å². The second kappa shape index (κ2) is 6.01. The van der Waals surface area contributed by atoms with Crippen molar-refractivity contribution < 1.29 is 0 Å². The van der Waals surface area contributed by atoms with Gasteiger partial charge in [0.25, 0.3) is 0 Å². The molecule has 0 bridgehead atoms. The Morgan fingerprint density at radius 2 is 2.00 bits per heavy atom. The molecular weight excluding hydrogens is 280 g/mol. The van der Waals surface area contributed by atoms with Crippen LogP contribution >= 0.6 is 11.3 Å². The second-order valence-corrected chi connectivity index (χ2v) is 5.66. The molecule has 4 nitrogen and oxygen atoms in total. The van der Waals surface area contributed by atoms with Crippen LogP contribution < -0.4 is 5.32 Å². The molecule has 3 aromatic rings. The Morgan fingerprint density at radius 3 is 2.76 bits per heavy atom. The van der Waals surface area contributed by atoms with Crippen LogP contribution in [0.1, 0.15) is 17.1 Å². The van der Waals surface area contributed by atoms with Crippen LogP contribution in [0, 0.1) is 13.8 Å². The molecule has 5 heteroatoms. The Hall–Kier alpha value is -2.27. The van der Waals surface area contributed by atoms with Crippen molar-refractivity contribution in [1.29, 1.82) is 0 Å². The van der Waals surface area contributed by atoms with E-state index in [4.69, 9.17) is 0 Å². The van der Waals surface area contributed by atoms with Crippen LogP contribution in [0.25, 0.3) is 10.7 Å². The second-order valence-electron chi connectivity index (χ2n) is 4.80. The summed E-state index contributed by atoms with van der Waals surface area (Å²) in [4.78, 5) is 13.4. The van der Waals surface area contributed by atoms with Crippen molar-refractivity contribution in [2.24, 2.45) is 0 Å². The quantitative estimate of drug-likeness (QED) is 0.795. The Balaban J connectivity index is 1.70. The van der Waals surface area contributed by atoms with Crippen molar-refractivity contribution in [3.8, 4) is 10.7 Å². The van der Waals surface area contributed by atoms with Gasteiger partial charge in [0.2, 0.25) is 0 Å². The highest BCUT2D eigenvalue weighted by molar-refractivity contribution is 7.13. The molecular formula is C16H16N4S. The van der Waals surface area contributed by atoms with Crippen LogP contribution in [0.5, 0.6) is 0 Å². The predicted octanol–water partition coefficient (Wildman–Crippen LogP) is 3.83. The van der Waals surface area contributed by atoms with Gasteiger partial charge in [-0.2, -0.15) is 0 Å². The lowest BCUT2D eigenvalue weighted by molar-refractivity contribution is 1.04. The molecule has 0 fully saturated rings. The van der Waals surface area contributed by atoms with E-state index in [2.05, 4.69) is 31.7 Å². The normalized spacial score (nSPS) is 10.6. The molecule has 1 N–H and O–H groups in total. The fourth-order valence-electron chi connectivity index (χ4n) is 2.05. The van der Waals surface area contributed by atoms with Gasteiger partial charge in [-0.25, -0.2) is 4.98 Å². The molecule has 21 heavy (non-hydrogen) atoms. The average molecular weight is 296 g/mol. The molecule has 0 radical (unpaired) electrons. The van der Waals surface area contributed by atoms with Crippen molar-refractivity contribution in [2.45, 2.75) is 20.4 Å². The molecule has 0 aliphatic carbocycles. The highest BCUT2D eigenvalue weighted by atomic mass is 32.1. The Labute approximate surface area is 127 Å². The summed E-state index contributed by atoms with van der Waals surface area (Å²) in [5.41, 5.74) is 5.02. The third-order valence-electron chi connectivity index (χ3n) is 3.12. The average Bonchev–Trinajstić information content (AvgIpc) is 2.96. The number of hydrogen-bond acceptors (Lipinski definition) is 5. The summed E-state index contributed by atoms with van der Waals surface area (Å²) in [6.07, 6.45) is 1.79. The molecule has 0 amide bonds. The van der Waals surface area contributed by atoms with E-state index in [-0.39, 0.29) is 0 Å². The van der Waals surface area contributed by atoms with Crippen molar-refractivity contribution >= 4 is 17.0 Å². The van der Waals surface area contributed by atoms with Gasteiger partial charge in [0.05, 0.1) is 29.3 Å². The molecule has 0 saturated carbocycles. The summed E-state index contributed by atoms with van der Waals surface area (Å²) in [5, 5.41) is 6.40. The van der Waals surface area contributed by atoms with Crippen molar-refractivity contribution in [3.05, 3.63) is 59.0 Å². The summed E-state index contributed by atoms with van der Waals surface area (Å²) in [7, 11) is 0. The first kappa shape index (κ1) is 13.7. The lowest BCUT2D eigenvalue weighted by Gasteiger charge is -2.07. The number of aromatic nitrogens is 3. The Bertz CT molecular complexity index is 737. The molecule has 0 aliphatic rings. The van der Waals surface area contributed by atoms with E-state index < -0.39 is 0 Å². The van der Waals surface area contributed by atoms with E-state index in [1.54, 1.807) is 17.5 Å². The number of aryl methyl sites for hydroxylation is 2. The van der Waals surface area contributed by atoms with E-state index in [1.807, 2.05) is 38.1 Å². The summed E-state index contributed by atoms with van der Waals surface area (Å²) in [6, 6.07) is 9.93. The van der Waals surface area contributed by atoms with E-state index in [0.29, 0.717) is 6.54 Å². The monoisotopic (exact) mass is 296 g/mol. The third-order valence-corrected chi connectivity index (χ3v) is 4.03. The predicted molar refractivity (Wildman–Crippen MR) is 86.4 cm³/mol. The van der Waals surface area contributed by atoms with Gasteiger partial charge >= 0.3 is 0 Å². The molecule has 0 saturated heterocycles. The number of thiazole rings is 1. The largest absolute Gasteiger partial charge is 0.378 e. The van der Waals surface area contributed by atoms with Crippen molar-refractivity contribution in [3.63, 3.8) is 0 Å². The Morgan fingerprint density at radius 1 is 1.10 bits per heavy atom. The number of nitrogens with one attached hydrogen (secondary N) is 1. The number of rotatable bonds is 4. The molecule has 106 valence electrons. The first-order valence-electron chi connectivity index (χ1n) is 6.76. The van der Waals surface area contributed by atoms with Gasteiger partial charge in [0.1, 0.15) is 5.01 Å². The van der Waals surface area contributed by atoms with Crippen LogP contribution in [0.15, 0.2) is 41.9 Å². The number of hydrogen-bond donors (Lipinski definition) is 1. The highest BCUT2D eigenvalue weighted by Gasteiger charge is 2.06. The minimum Gasteiger partial charge on any atom is -0.378 e. The lowest BCUT2D eigenvalue weighted by atomic mass is 10.2. The molecule has 3 heterocycles. The van der Waals surface area contributed by atoms with Gasteiger partial charge < -0.3 is 5.32 Å². The number of nitrogens with zero attached hydrogens (tertiary/aromatic N) is 3. The molecule has 0 aromatic carbocycles. The van der Waals surface area contributed by atoms with Gasteiger partial charge in [0, 0.05) is 17.3 Å². The molecule has 0 atom stereocenters. The zero-order chi connectivity index (χ0) is 14.7. The van der Waals surface area contributed by atoms with Crippen LogP contribution in [-0.4, -0.2) is 15.0 Å². The Kier molecular flexibility index (Phi) is 3.92. The fourth-order valence-corrected chi connectivity index (χ4v) is 2.85. The maximum atomic E-state index is 4.62. The summed E-state index contributed by atoms with van der Waals surface area (Å²) in [6.45, 7) is 4.70. The van der Waals surface area contributed by atoms with Crippen LogP contribution in [0.3, 0.4) is 0 Å². The van der Waals surface area contributed by atoms with Gasteiger partial charge in [-0.1, -0.05) is 6.07 Å². The smallest absolute Gasteiger partial charge is 0.142 e.